The zero-order valence-electron chi connectivity index (χ0n) is 8.09. The molecule has 2 nitrogen and oxygen atoms in total. The molecular formula is C11H14N2. The maximum Gasteiger partial charge on any atom is 0.101 e. The number of para-hydroxylation sites is 1. The molecule has 0 aliphatic rings. The Morgan fingerprint density at radius 3 is 2.85 bits per heavy atom. The van der Waals surface area contributed by atoms with Crippen LogP contribution in [0.2, 0.25) is 0 Å². The van der Waals surface area contributed by atoms with Gasteiger partial charge in [-0.2, -0.15) is 5.26 Å². The molecule has 0 heterocycles. The van der Waals surface area contributed by atoms with Crippen LogP contribution in [-0.2, 0) is 0 Å². The normalized spacial score (nSPS) is 9.31. The molecule has 0 unspecified atom stereocenters. The second-order valence-electron chi connectivity index (χ2n) is 3.04. The molecule has 0 saturated heterocycles. The third-order valence-electron chi connectivity index (χ3n) is 1.95. The molecule has 0 amide bonds. The molecule has 0 saturated carbocycles. The highest BCUT2D eigenvalue weighted by Gasteiger charge is 2.02. The second-order valence-corrected chi connectivity index (χ2v) is 3.04. The number of anilines is 1. The van der Waals surface area contributed by atoms with Crippen molar-refractivity contribution in [3.63, 3.8) is 0 Å². The van der Waals surface area contributed by atoms with Gasteiger partial charge in [0, 0.05) is 6.54 Å². The van der Waals surface area contributed by atoms with Gasteiger partial charge in [0.1, 0.15) is 6.07 Å². The van der Waals surface area contributed by atoms with E-state index in [0.717, 1.165) is 29.8 Å². The van der Waals surface area contributed by atoms with Crippen LogP contribution >= 0.6 is 0 Å². The summed E-state index contributed by atoms with van der Waals surface area (Å²) in [6.45, 7) is 5.04. The van der Waals surface area contributed by atoms with Crippen LogP contribution in [0.25, 0.3) is 0 Å². The van der Waals surface area contributed by atoms with E-state index < -0.39 is 0 Å². The zero-order valence-corrected chi connectivity index (χ0v) is 8.09. The van der Waals surface area contributed by atoms with Crippen LogP contribution in [0.1, 0.15) is 24.5 Å². The lowest BCUT2D eigenvalue weighted by atomic mass is 10.1. The number of benzene rings is 1. The first kappa shape index (κ1) is 9.60. The summed E-state index contributed by atoms with van der Waals surface area (Å²) in [5.41, 5.74) is 2.84. The van der Waals surface area contributed by atoms with E-state index in [1.807, 2.05) is 25.1 Å². The van der Waals surface area contributed by atoms with Gasteiger partial charge in [0.15, 0.2) is 0 Å². The van der Waals surface area contributed by atoms with Gasteiger partial charge in [-0.25, -0.2) is 0 Å². The average Bonchev–Trinajstić information content (AvgIpc) is 2.15. The second kappa shape index (κ2) is 4.51. The fourth-order valence-corrected chi connectivity index (χ4v) is 1.25. The zero-order chi connectivity index (χ0) is 9.68. The molecule has 2 heteroatoms. The van der Waals surface area contributed by atoms with Crippen molar-refractivity contribution in [2.75, 3.05) is 11.9 Å². The summed E-state index contributed by atoms with van der Waals surface area (Å²) in [7, 11) is 0. The van der Waals surface area contributed by atoms with Crippen LogP contribution < -0.4 is 5.32 Å². The van der Waals surface area contributed by atoms with Crippen LogP contribution in [0, 0.1) is 18.3 Å². The highest BCUT2D eigenvalue weighted by molar-refractivity contribution is 5.62. The monoisotopic (exact) mass is 174 g/mol. The first-order chi connectivity index (χ1) is 6.29. The standard InChI is InChI=1S/C11H14N2/c1-3-7-13-11-9(2)5-4-6-10(11)8-12/h4-6,13H,3,7H2,1-2H3. The third kappa shape index (κ3) is 2.22. The minimum absolute atomic E-state index is 0.730. The Kier molecular flexibility index (Phi) is 3.33. The molecule has 0 fully saturated rings. The summed E-state index contributed by atoms with van der Waals surface area (Å²) in [6.07, 6.45) is 1.07. The molecule has 0 aliphatic carbocycles. The maximum absolute atomic E-state index is 8.85. The van der Waals surface area contributed by atoms with Crippen molar-refractivity contribution in [3.05, 3.63) is 29.3 Å². The summed E-state index contributed by atoms with van der Waals surface area (Å²) >= 11 is 0. The van der Waals surface area contributed by atoms with Crippen LogP contribution in [0.4, 0.5) is 5.69 Å². The molecule has 1 aromatic carbocycles. The number of nitriles is 1. The topological polar surface area (TPSA) is 35.8 Å². The van der Waals surface area contributed by atoms with Gasteiger partial charge in [0.05, 0.1) is 11.3 Å². The number of hydrogen-bond acceptors (Lipinski definition) is 2. The molecule has 0 radical (unpaired) electrons. The van der Waals surface area contributed by atoms with Crippen LogP contribution in [0.15, 0.2) is 18.2 Å². The van der Waals surface area contributed by atoms with Gasteiger partial charge in [0.2, 0.25) is 0 Å². The lowest BCUT2D eigenvalue weighted by Gasteiger charge is -2.09. The number of nitrogens with one attached hydrogen (secondary N) is 1. The SMILES string of the molecule is CCCNc1c(C)cccc1C#N. The number of hydrogen-bond donors (Lipinski definition) is 1. The highest BCUT2D eigenvalue weighted by Crippen LogP contribution is 2.19. The molecule has 0 spiro atoms. The molecule has 0 atom stereocenters. The highest BCUT2D eigenvalue weighted by atomic mass is 14.9. The Morgan fingerprint density at radius 2 is 2.23 bits per heavy atom. The Morgan fingerprint density at radius 1 is 1.46 bits per heavy atom. The van der Waals surface area contributed by atoms with Gasteiger partial charge in [-0.1, -0.05) is 19.1 Å². The Bertz CT molecular complexity index is 323. The lowest BCUT2D eigenvalue weighted by molar-refractivity contribution is 0.976. The maximum atomic E-state index is 8.85. The van der Waals surface area contributed by atoms with Crippen molar-refractivity contribution >= 4 is 5.69 Å². The van der Waals surface area contributed by atoms with E-state index >= 15 is 0 Å². The van der Waals surface area contributed by atoms with Crippen LogP contribution in [0.5, 0.6) is 0 Å². The molecule has 0 bridgehead atoms. The minimum Gasteiger partial charge on any atom is -0.384 e. The first-order valence-corrected chi connectivity index (χ1v) is 4.53. The van der Waals surface area contributed by atoms with E-state index in [1.54, 1.807) is 0 Å². The lowest BCUT2D eigenvalue weighted by Crippen LogP contribution is -2.03. The fourth-order valence-electron chi connectivity index (χ4n) is 1.25. The minimum atomic E-state index is 0.730. The fraction of sp³-hybridized carbons (Fsp3) is 0.364. The van der Waals surface area contributed by atoms with Gasteiger partial charge in [-0.15, -0.1) is 0 Å². The molecule has 0 aliphatic heterocycles. The Labute approximate surface area is 79.2 Å². The van der Waals surface area contributed by atoms with Gasteiger partial charge < -0.3 is 5.32 Å². The van der Waals surface area contributed by atoms with E-state index in [9.17, 15) is 0 Å². The molecule has 1 aromatic rings. The molecule has 1 rings (SSSR count). The van der Waals surface area contributed by atoms with E-state index in [0.29, 0.717) is 0 Å². The van der Waals surface area contributed by atoms with Crippen molar-refractivity contribution in [2.45, 2.75) is 20.3 Å². The molecule has 68 valence electrons. The number of rotatable bonds is 3. The summed E-state index contributed by atoms with van der Waals surface area (Å²) in [5, 5.41) is 12.1. The Balaban J connectivity index is 2.95. The van der Waals surface area contributed by atoms with Crippen LogP contribution in [0.3, 0.4) is 0 Å². The summed E-state index contributed by atoms with van der Waals surface area (Å²) in [6, 6.07) is 7.94. The first-order valence-electron chi connectivity index (χ1n) is 4.53. The summed E-state index contributed by atoms with van der Waals surface area (Å²) in [5.74, 6) is 0. The van der Waals surface area contributed by atoms with Crippen molar-refractivity contribution in [1.82, 2.24) is 0 Å². The number of aryl methyl sites for hydroxylation is 1. The largest absolute Gasteiger partial charge is 0.384 e. The van der Waals surface area contributed by atoms with Gasteiger partial charge in [-0.3, -0.25) is 0 Å². The van der Waals surface area contributed by atoms with Gasteiger partial charge >= 0.3 is 0 Å². The van der Waals surface area contributed by atoms with E-state index in [4.69, 9.17) is 5.26 Å². The van der Waals surface area contributed by atoms with Crippen molar-refractivity contribution < 1.29 is 0 Å². The summed E-state index contributed by atoms with van der Waals surface area (Å²) < 4.78 is 0. The van der Waals surface area contributed by atoms with E-state index in [2.05, 4.69) is 18.3 Å². The number of nitrogens with zero attached hydrogens (tertiary/aromatic N) is 1. The Hall–Kier alpha value is -1.49. The molecule has 0 aromatic heterocycles. The predicted octanol–water partition coefficient (Wildman–Crippen LogP) is 2.69. The van der Waals surface area contributed by atoms with Crippen molar-refractivity contribution in [3.8, 4) is 6.07 Å². The summed E-state index contributed by atoms with van der Waals surface area (Å²) in [4.78, 5) is 0. The van der Waals surface area contributed by atoms with E-state index in [1.165, 1.54) is 0 Å². The molecule has 13 heavy (non-hydrogen) atoms. The third-order valence-corrected chi connectivity index (χ3v) is 1.95. The van der Waals surface area contributed by atoms with Crippen molar-refractivity contribution in [2.24, 2.45) is 0 Å². The van der Waals surface area contributed by atoms with Gasteiger partial charge in [0.25, 0.3) is 0 Å². The predicted molar refractivity (Wildman–Crippen MR) is 54.7 cm³/mol. The quantitative estimate of drug-likeness (QED) is 0.764. The molecule has 1 N–H and O–H groups in total. The average molecular weight is 174 g/mol. The van der Waals surface area contributed by atoms with E-state index in [-0.39, 0.29) is 0 Å². The smallest absolute Gasteiger partial charge is 0.101 e. The molecular weight excluding hydrogens is 160 g/mol. The van der Waals surface area contributed by atoms with Crippen molar-refractivity contribution in [1.29, 1.82) is 5.26 Å². The van der Waals surface area contributed by atoms with Gasteiger partial charge in [-0.05, 0) is 25.0 Å². The van der Waals surface area contributed by atoms with Crippen LogP contribution in [-0.4, -0.2) is 6.54 Å².